The summed E-state index contributed by atoms with van der Waals surface area (Å²) in [6.07, 6.45) is 2.14. The SMILES string of the molecule is C/C(=C/c1ccccc1)CNCC(=O)N1Cc2ccccc2C1. The smallest absolute Gasteiger partial charge is 0.237 e. The molecule has 3 rings (SSSR count). The van der Waals surface area contributed by atoms with Crippen LogP contribution in [0, 0.1) is 0 Å². The molecule has 0 radical (unpaired) electrons. The molecule has 0 aliphatic carbocycles. The Morgan fingerprint density at radius 2 is 1.61 bits per heavy atom. The summed E-state index contributed by atoms with van der Waals surface area (Å²) in [5.41, 5.74) is 4.93. The van der Waals surface area contributed by atoms with E-state index in [1.807, 2.05) is 35.2 Å². The van der Waals surface area contributed by atoms with Crippen LogP contribution in [0.5, 0.6) is 0 Å². The maximum atomic E-state index is 12.3. The molecule has 0 saturated carbocycles. The van der Waals surface area contributed by atoms with Crippen LogP contribution in [0.25, 0.3) is 6.08 Å². The summed E-state index contributed by atoms with van der Waals surface area (Å²) in [5.74, 6) is 0.161. The van der Waals surface area contributed by atoms with Crippen molar-refractivity contribution in [2.24, 2.45) is 0 Å². The van der Waals surface area contributed by atoms with Crippen LogP contribution in [0.2, 0.25) is 0 Å². The fourth-order valence-corrected chi connectivity index (χ4v) is 2.87. The minimum atomic E-state index is 0.161. The van der Waals surface area contributed by atoms with Crippen molar-refractivity contribution in [3.05, 3.63) is 76.9 Å². The molecule has 0 bridgehead atoms. The molecule has 23 heavy (non-hydrogen) atoms. The molecule has 2 aromatic carbocycles. The van der Waals surface area contributed by atoms with Gasteiger partial charge in [0.15, 0.2) is 0 Å². The lowest BCUT2D eigenvalue weighted by molar-refractivity contribution is -0.130. The van der Waals surface area contributed by atoms with Crippen LogP contribution in [0.1, 0.15) is 23.6 Å². The number of fused-ring (bicyclic) bond motifs is 1. The van der Waals surface area contributed by atoms with E-state index in [0.717, 1.165) is 19.6 Å². The molecular weight excluding hydrogens is 284 g/mol. The number of benzene rings is 2. The van der Waals surface area contributed by atoms with Gasteiger partial charge < -0.3 is 10.2 Å². The zero-order chi connectivity index (χ0) is 16.1. The van der Waals surface area contributed by atoms with Crippen molar-refractivity contribution in [2.45, 2.75) is 20.0 Å². The minimum Gasteiger partial charge on any atom is -0.333 e. The third kappa shape index (κ3) is 4.08. The molecule has 3 nitrogen and oxygen atoms in total. The number of carbonyl (C=O) groups excluding carboxylic acids is 1. The highest BCUT2D eigenvalue weighted by atomic mass is 16.2. The van der Waals surface area contributed by atoms with Crippen molar-refractivity contribution in [3.8, 4) is 0 Å². The predicted octanol–water partition coefficient (Wildman–Crippen LogP) is 3.22. The van der Waals surface area contributed by atoms with Crippen LogP contribution in [0.3, 0.4) is 0 Å². The van der Waals surface area contributed by atoms with E-state index in [2.05, 4.69) is 42.6 Å². The number of hydrogen-bond acceptors (Lipinski definition) is 2. The number of carbonyl (C=O) groups is 1. The van der Waals surface area contributed by atoms with E-state index < -0.39 is 0 Å². The average molecular weight is 306 g/mol. The monoisotopic (exact) mass is 306 g/mol. The van der Waals surface area contributed by atoms with Gasteiger partial charge in [-0.3, -0.25) is 4.79 Å². The van der Waals surface area contributed by atoms with Gasteiger partial charge in [-0.15, -0.1) is 0 Å². The van der Waals surface area contributed by atoms with Crippen molar-refractivity contribution in [1.82, 2.24) is 10.2 Å². The summed E-state index contributed by atoms with van der Waals surface area (Å²) in [6, 6.07) is 18.5. The second-order valence-electron chi connectivity index (χ2n) is 6.02. The van der Waals surface area contributed by atoms with E-state index >= 15 is 0 Å². The largest absolute Gasteiger partial charge is 0.333 e. The first-order valence-corrected chi connectivity index (χ1v) is 8.00. The van der Waals surface area contributed by atoms with Gasteiger partial charge in [0.1, 0.15) is 0 Å². The Morgan fingerprint density at radius 1 is 1.00 bits per heavy atom. The number of nitrogens with zero attached hydrogens (tertiary/aromatic N) is 1. The Hall–Kier alpha value is -2.39. The van der Waals surface area contributed by atoms with Crippen LogP contribution in [0.4, 0.5) is 0 Å². The molecule has 0 atom stereocenters. The number of rotatable bonds is 5. The zero-order valence-corrected chi connectivity index (χ0v) is 13.5. The van der Waals surface area contributed by atoms with Gasteiger partial charge >= 0.3 is 0 Å². The molecule has 2 aromatic rings. The van der Waals surface area contributed by atoms with Crippen LogP contribution in [-0.4, -0.2) is 23.9 Å². The molecule has 1 aliphatic rings. The highest BCUT2D eigenvalue weighted by molar-refractivity contribution is 5.79. The quantitative estimate of drug-likeness (QED) is 0.920. The van der Waals surface area contributed by atoms with E-state index in [1.54, 1.807) is 0 Å². The van der Waals surface area contributed by atoms with Crippen molar-refractivity contribution in [1.29, 1.82) is 0 Å². The Labute approximate surface area is 137 Å². The Morgan fingerprint density at radius 3 is 2.26 bits per heavy atom. The number of nitrogens with one attached hydrogen (secondary N) is 1. The van der Waals surface area contributed by atoms with E-state index in [0.29, 0.717) is 6.54 Å². The van der Waals surface area contributed by atoms with Gasteiger partial charge in [-0.25, -0.2) is 0 Å². The van der Waals surface area contributed by atoms with Crippen LogP contribution in [0.15, 0.2) is 60.2 Å². The highest BCUT2D eigenvalue weighted by Gasteiger charge is 2.22. The first-order valence-electron chi connectivity index (χ1n) is 8.00. The minimum absolute atomic E-state index is 0.161. The van der Waals surface area contributed by atoms with Gasteiger partial charge in [-0.1, -0.05) is 66.2 Å². The van der Waals surface area contributed by atoms with Gasteiger partial charge in [0.2, 0.25) is 5.91 Å². The second kappa shape index (κ2) is 7.25. The molecule has 1 aliphatic heterocycles. The van der Waals surface area contributed by atoms with Gasteiger partial charge in [0.25, 0.3) is 0 Å². The highest BCUT2D eigenvalue weighted by Crippen LogP contribution is 2.21. The second-order valence-corrected chi connectivity index (χ2v) is 6.02. The zero-order valence-electron chi connectivity index (χ0n) is 13.5. The van der Waals surface area contributed by atoms with E-state index in [9.17, 15) is 4.79 Å². The lowest BCUT2D eigenvalue weighted by atomic mass is 10.1. The molecule has 1 N–H and O–H groups in total. The summed E-state index contributed by atoms with van der Waals surface area (Å²) < 4.78 is 0. The lowest BCUT2D eigenvalue weighted by Crippen LogP contribution is -2.35. The van der Waals surface area contributed by atoms with Gasteiger partial charge in [0, 0.05) is 19.6 Å². The maximum Gasteiger partial charge on any atom is 0.237 e. The maximum absolute atomic E-state index is 12.3. The summed E-state index contributed by atoms with van der Waals surface area (Å²) in [4.78, 5) is 14.2. The lowest BCUT2D eigenvalue weighted by Gasteiger charge is -2.16. The molecular formula is C20H22N2O. The Kier molecular flexibility index (Phi) is 4.89. The third-order valence-corrected chi connectivity index (χ3v) is 4.09. The van der Waals surface area contributed by atoms with Gasteiger partial charge in [0.05, 0.1) is 6.54 Å². The molecule has 1 heterocycles. The van der Waals surface area contributed by atoms with Gasteiger partial charge in [-0.2, -0.15) is 0 Å². The topological polar surface area (TPSA) is 32.3 Å². The Bertz CT molecular complexity index is 682. The van der Waals surface area contributed by atoms with Crippen LogP contribution in [-0.2, 0) is 17.9 Å². The summed E-state index contributed by atoms with van der Waals surface area (Å²) in [5, 5.41) is 3.25. The average Bonchev–Trinajstić information content (AvgIpc) is 3.00. The molecule has 0 spiro atoms. The molecule has 0 aromatic heterocycles. The van der Waals surface area contributed by atoms with E-state index in [4.69, 9.17) is 0 Å². The standard InChI is InChI=1S/C20H22N2O/c1-16(11-17-7-3-2-4-8-17)12-21-13-20(23)22-14-18-9-5-6-10-19(18)15-22/h2-11,21H,12-15H2,1H3/b16-11-. The summed E-state index contributed by atoms with van der Waals surface area (Å²) >= 11 is 0. The summed E-state index contributed by atoms with van der Waals surface area (Å²) in [7, 11) is 0. The molecule has 3 heteroatoms. The number of hydrogen-bond donors (Lipinski definition) is 1. The van der Waals surface area contributed by atoms with Crippen molar-refractivity contribution in [2.75, 3.05) is 13.1 Å². The summed E-state index contributed by atoms with van der Waals surface area (Å²) in [6.45, 7) is 4.65. The first-order chi connectivity index (χ1) is 11.2. The fourth-order valence-electron chi connectivity index (χ4n) is 2.87. The Balaban J connectivity index is 1.46. The van der Waals surface area contributed by atoms with E-state index in [-0.39, 0.29) is 5.91 Å². The van der Waals surface area contributed by atoms with Gasteiger partial charge in [-0.05, 0) is 23.6 Å². The van der Waals surface area contributed by atoms with Crippen molar-refractivity contribution in [3.63, 3.8) is 0 Å². The van der Waals surface area contributed by atoms with Crippen LogP contribution < -0.4 is 5.32 Å². The normalized spacial score (nSPS) is 14.0. The number of amides is 1. The molecule has 118 valence electrons. The molecule has 0 unspecified atom stereocenters. The molecule has 0 fully saturated rings. The van der Waals surface area contributed by atoms with E-state index in [1.165, 1.54) is 22.3 Å². The fraction of sp³-hybridized carbons (Fsp3) is 0.250. The molecule has 0 saturated heterocycles. The predicted molar refractivity (Wildman–Crippen MR) is 93.7 cm³/mol. The van der Waals surface area contributed by atoms with Crippen molar-refractivity contribution >= 4 is 12.0 Å². The third-order valence-electron chi connectivity index (χ3n) is 4.09. The molecule has 1 amide bonds. The first kappa shape index (κ1) is 15.5. The van der Waals surface area contributed by atoms with Crippen LogP contribution >= 0.6 is 0 Å². The van der Waals surface area contributed by atoms with Crippen molar-refractivity contribution < 1.29 is 4.79 Å².